The van der Waals surface area contributed by atoms with Gasteiger partial charge in [0, 0.05) is 28.9 Å². The number of imidazole rings is 1. The van der Waals surface area contributed by atoms with Crippen molar-refractivity contribution >= 4 is 34.2 Å². The minimum atomic E-state index is -0.861. The van der Waals surface area contributed by atoms with Crippen molar-refractivity contribution in [3.8, 4) is 0 Å². The summed E-state index contributed by atoms with van der Waals surface area (Å²) in [5, 5.41) is 14.6. The topological polar surface area (TPSA) is 84.2 Å². The highest BCUT2D eigenvalue weighted by Crippen LogP contribution is 2.37. The maximum Gasteiger partial charge on any atom is 0.305 e. The lowest BCUT2D eigenvalue weighted by atomic mass is 9.82. The van der Waals surface area contributed by atoms with Crippen molar-refractivity contribution < 1.29 is 14.7 Å². The van der Waals surface area contributed by atoms with Gasteiger partial charge in [0.05, 0.1) is 17.5 Å². The molecule has 0 spiro atoms. The van der Waals surface area contributed by atoms with E-state index in [0.717, 1.165) is 55.4 Å². The van der Waals surface area contributed by atoms with Gasteiger partial charge in [0.2, 0.25) is 0 Å². The third-order valence-corrected chi connectivity index (χ3v) is 9.14. The number of fused-ring (bicyclic) bond motifs is 1. The zero-order valence-corrected chi connectivity index (χ0v) is 21.9. The Morgan fingerprint density at radius 1 is 1.11 bits per heavy atom. The van der Waals surface area contributed by atoms with Crippen molar-refractivity contribution in [1.82, 2.24) is 14.9 Å². The van der Waals surface area contributed by atoms with Crippen LogP contribution in [0.15, 0.2) is 35.7 Å². The summed E-state index contributed by atoms with van der Waals surface area (Å²) < 4.78 is 2.44. The van der Waals surface area contributed by atoms with Crippen molar-refractivity contribution in [3.63, 3.8) is 0 Å². The summed E-state index contributed by atoms with van der Waals surface area (Å²) in [6.45, 7) is 2.35. The zero-order valence-electron chi connectivity index (χ0n) is 21.1. The van der Waals surface area contributed by atoms with Crippen LogP contribution >= 0.6 is 11.3 Å². The number of thiophene rings is 1. The van der Waals surface area contributed by atoms with Gasteiger partial charge in [-0.3, -0.25) is 9.59 Å². The van der Waals surface area contributed by atoms with Crippen LogP contribution < -0.4 is 5.32 Å². The normalized spacial score (nSPS) is 21.9. The molecule has 2 aliphatic rings. The molecule has 2 aliphatic carbocycles. The number of carboxylic acids is 1. The Labute approximate surface area is 217 Å². The number of rotatable bonds is 8. The number of benzene rings is 1. The van der Waals surface area contributed by atoms with Crippen LogP contribution in [-0.2, 0) is 11.2 Å². The van der Waals surface area contributed by atoms with E-state index in [-0.39, 0.29) is 24.3 Å². The summed E-state index contributed by atoms with van der Waals surface area (Å²) in [7, 11) is 0. The first-order valence-corrected chi connectivity index (χ1v) is 14.4. The van der Waals surface area contributed by atoms with Crippen molar-refractivity contribution in [2.24, 2.45) is 11.8 Å². The van der Waals surface area contributed by atoms with Gasteiger partial charge < -0.3 is 15.0 Å². The molecule has 5 rings (SSSR count). The molecule has 2 saturated carbocycles. The lowest BCUT2D eigenvalue weighted by molar-refractivity contribution is -0.137. The number of nitrogens with zero attached hydrogens (tertiary/aromatic N) is 2. The van der Waals surface area contributed by atoms with Gasteiger partial charge in [-0.05, 0) is 67.2 Å². The van der Waals surface area contributed by atoms with Crippen molar-refractivity contribution in [2.75, 3.05) is 0 Å². The van der Waals surface area contributed by atoms with E-state index in [9.17, 15) is 14.7 Å². The standard InChI is InChI=1S/C29H37N3O3S/c1-19-8-5-6-12-25(19)32-26-14-13-21(16-24(26)30-27(32)17-22-11-7-15-36-22)29(35)31-23(18-28(33)34)20-9-3-2-4-10-20/h7,11,13-16,19-20,23,25H,2-6,8-10,12,17-18H2,1H3,(H,31,35)(H,33,34)/t19-,23?,25-/m1/s1. The molecule has 2 fully saturated rings. The fourth-order valence-corrected chi connectivity index (χ4v) is 7.05. The van der Waals surface area contributed by atoms with Crippen LogP contribution in [0.3, 0.4) is 0 Å². The number of aliphatic carboxylic acids is 1. The number of carboxylic acid groups (broad SMARTS) is 1. The second kappa shape index (κ2) is 11.2. The molecule has 1 amide bonds. The molecule has 2 heterocycles. The molecule has 0 radical (unpaired) electrons. The van der Waals surface area contributed by atoms with Crippen LogP contribution in [0, 0.1) is 11.8 Å². The number of aromatic nitrogens is 2. The summed E-state index contributed by atoms with van der Waals surface area (Å²) in [6.07, 6.45) is 11.0. The van der Waals surface area contributed by atoms with Gasteiger partial charge in [0.15, 0.2) is 0 Å². The molecule has 2 N–H and O–H groups in total. The van der Waals surface area contributed by atoms with E-state index in [4.69, 9.17) is 4.98 Å². The zero-order chi connectivity index (χ0) is 25.1. The number of carbonyl (C=O) groups excluding carboxylic acids is 1. The molecular weight excluding hydrogens is 470 g/mol. The number of hydrogen-bond donors (Lipinski definition) is 2. The van der Waals surface area contributed by atoms with Gasteiger partial charge in [0.1, 0.15) is 5.82 Å². The monoisotopic (exact) mass is 507 g/mol. The van der Waals surface area contributed by atoms with Crippen molar-refractivity contribution in [2.45, 2.75) is 89.6 Å². The molecule has 0 saturated heterocycles. The van der Waals surface area contributed by atoms with Crippen LogP contribution in [0.5, 0.6) is 0 Å². The molecular formula is C29H37N3O3S. The molecule has 0 bridgehead atoms. The second-order valence-corrected chi connectivity index (χ2v) is 11.8. The highest BCUT2D eigenvalue weighted by Gasteiger charge is 2.29. The van der Waals surface area contributed by atoms with Crippen LogP contribution in [0.4, 0.5) is 0 Å². The lowest BCUT2D eigenvalue weighted by Gasteiger charge is -2.31. The van der Waals surface area contributed by atoms with Gasteiger partial charge in [-0.2, -0.15) is 0 Å². The maximum atomic E-state index is 13.3. The summed E-state index contributed by atoms with van der Waals surface area (Å²) in [4.78, 5) is 31.2. The molecule has 0 aliphatic heterocycles. The third-order valence-electron chi connectivity index (χ3n) is 8.26. The highest BCUT2D eigenvalue weighted by molar-refractivity contribution is 7.09. The van der Waals surface area contributed by atoms with Crippen LogP contribution in [0.25, 0.3) is 11.0 Å². The average molecular weight is 508 g/mol. The highest BCUT2D eigenvalue weighted by atomic mass is 32.1. The molecule has 3 aromatic rings. The molecule has 7 heteroatoms. The number of nitrogens with one attached hydrogen (secondary N) is 1. The molecule has 1 aromatic carbocycles. The van der Waals surface area contributed by atoms with Gasteiger partial charge in [-0.15, -0.1) is 11.3 Å². The molecule has 2 aromatic heterocycles. The van der Waals surface area contributed by atoms with Crippen LogP contribution in [-0.4, -0.2) is 32.6 Å². The Hall–Kier alpha value is -2.67. The smallest absolute Gasteiger partial charge is 0.305 e. The minimum Gasteiger partial charge on any atom is -0.481 e. The van der Waals surface area contributed by atoms with E-state index in [2.05, 4.69) is 34.3 Å². The summed E-state index contributed by atoms with van der Waals surface area (Å²) in [5.41, 5.74) is 2.49. The summed E-state index contributed by atoms with van der Waals surface area (Å²) >= 11 is 1.75. The average Bonchev–Trinajstić information content (AvgIpc) is 3.51. The van der Waals surface area contributed by atoms with E-state index in [0.29, 0.717) is 17.5 Å². The van der Waals surface area contributed by atoms with Crippen molar-refractivity contribution in [3.05, 3.63) is 52.0 Å². The lowest BCUT2D eigenvalue weighted by Crippen LogP contribution is -2.42. The molecule has 192 valence electrons. The third kappa shape index (κ3) is 5.51. The molecule has 6 nitrogen and oxygen atoms in total. The number of amides is 1. The van der Waals surface area contributed by atoms with Gasteiger partial charge in [-0.25, -0.2) is 4.98 Å². The quantitative estimate of drug-likeness (QED) is 0.360. The van der Waals surface area contributed by atoms with E-state index in [1.54, 1.807) is 11.3 Å². The second-order valence-electron chi connectivity index (χ2n) is 10.8. The SMILES string of the molecule is C[C@@H]1CCCC[C@H]1n1c(Cc2cccs2)nc2cc(C(=O)NC(CC(=O)O)C3CCCCC3)ccc21. The Morgan fingerprint density at radius 3 is 2.61 bits per heavy atom. The first-order chi connectivity index (χ1) is 17.5. The maximum absolute atomic E-state index is 13.3. The first-order valence-electron chi connectivity index (χ1n) is 13.6. The van der Waals surface area contributed by atoms with E-state index in [1.165, 1.54) is 30.6 Å². The Balaban J connectivity index is 1.44. The van der Waals surface area contributed by atoms with Crippen LogP contribution in [0.1, 0.15) is 98.2 Å². The fourth-order valence-electron chi connectivity index (χ4n) is 6.35. The number of carbonyl (C=O) groups is 2. The van der Waals surface area contributed by atoms with E-state index in [1.807, 2.05) is 18.2 Å². The van der Waals surface area contributed by atoms with Gasteiger partial charge in [-0.1, -0.05) is 45.1 Å². The first kappa shape index (κ1) is 25.0. The van der Waals surface area contributed by atoms with Crippen molar-refractivity contribution in [1.29, 1.82) is 0 Å². The van der Waals surface area contributed by atoms with Crippen LogP contribution in [0.2, 0.25) is 0 Å². The van der Waals surface area contributed by atoms with Gasteiger partial charge in [0.25, 0.3) is 5.91 Å². The summed E-state index contributed by atoms with van der Waals surface area (Å²) in [6, 6.07) is 10.2. The molecule has 1 unspecified atom stereocenters. The minimum absolute atomic E-state index is 0.0300. The molecule has 3 atom stereocenters. The predicted octanol–water partition coefficient (Wildman–Crippen LogP) is 6.59. The number of hydrogen-bond acceptors (Lipinski definition) is 4. The Kier molecular flexibility index (Phi) is 7.75. The predicted molar refractivity (Wildman–Crippen MR) is 144 cm³/mol. The van der Waals surface area contributed by atoms with Gasteiger partial charge >= 0.3 is 5.97 Å². The van der Waals surface area contributed by atoms with E-state index >= 15 is 0 Å². The Morgan fingerprint density at radius 2 is 1.89 bits per heavy atom. The van der Waals surface area contributed by atoms with E-state index < -0.39 is 5.97 Å². The Bertz CT molecular complexity index is 1200. The largest absolute Gasteiger partial charge is 0.481 e. The summed E-state index contributed by atoms with van der Waals surface area (Å²) in [5.74, 6) is 0.823. The fraction of sp³-hybridized carbons (Fsp3) is 0.552. The molecule has 36 heavy (non-hydrogen) atoms.